The topological polar surface area (TPSA) is 96.3 Å². The molecular weight excluding hydrogens is 258 g/mol. The fourth-order valence-corrected chi connectivity index (χ4v) is 2.31. The van der Waals surface area contributed by atoms with Gasteiger partial charge in [0.1, 0.15) is 0 Å². The minimum absolute atomic E-state index is 0.0264. The lowest BCUT2D eigenvalue weighted by atomic mass is 10.2. The Morgan fingerprint density at radius 3 is 3.05 bits per heavy atom. The standard InChI is InChI=1S/C13H23N5O2/c1-3-10-11(14)12(17-16-10)13(19)15-7-9-8-18(4-2)5-6-20-9/h9H,3-8,14H2,1-2H3,(H,15,19)(H,16,17). The van der Waals surface area contributed by atoms with Crippen LogP contribution >= 0.6 is 0 Å². The van der Waals surface area contributed by atoms with E-state index in [9.17, 15) is 4.79 Å². The molecule has 0 aliphatic carbocycles. The van der Waals surface area contributed by atoms with Crippen molar-refractivity contribution in [3.63, 3.8) is 0 Å². The molecule has 1 unspecified atom stereocenters. The number of aromatic amines is 1. The molecule has 1 aromatic rings. The fourth-order valence-electron chi connectivity index (χ4n) is 2.31. The molecule has 0 bridgehead atoms. The number of nitrogens with zero attached hydrogens (tertiary/aromatic N) is 2. The second-order valence-electron chi connectivity index (χ2n) is 4.91. The molecule has 1 aliphatic rings. The van der Waals surface area contributed by atoms with E-state index in [0.717, 1.165) is 31.7 Å². The van der Waals surface area contributed by atoms with Gasteiger partial charge >= 0.3 is 0 Å². The molecule has 2 heterocycles. The number of hydrogen-bond donors (Lipinski definition) is 3. The minimum Gasteiger partial charge on any atom is -0.395 e. The SMILES string of the molecule is CCc1[nH]nc(C(=O)NCC2CN(CC)CCO2)c1N. The largest absolute Gasteiger partial charge is 0.395 e. The molecule has 0 saturated carbocycles. The molecule has 0 aromatic carbocycles. The minimum atomic E-state index is -0.254. The van der Waals surface area contributed by atoms with Gasteiger partial charge in [0.25, 0.3) is 5.91 Å². The van der Waals surface area contributed by atoms with Crippen LogP contribution in [0.5, 0.6) is 0 Å². The van der Waals surface area contributed by atoms with Crippen LogP contribution in [0.3, 0.4) is 0 Å². The summed E-state index contributed by atoms with van der Waals surface area (Å²) >= 11 is 0. The van der Waals surface area contributed by atoms with Crippen LogP contribution in [-0.4, -0.2) is 59.9 Å². The van der Waals surface area contributed by atoms with Crippen LogP contribution in [0.4, 0.5) is 5.69 Å². The quantitative estimate of drug-likeness (QED) is 0.706. The summed E-state index contributed by atoms with van der Waals surface area (Å²) in [5.41, 5.74) is 7.37. The van der Waals surface area contributed by atoms with Crippen molar-refractivity contribution < 1.29 is 9.53 Å². The second-order valence-corrected chi connectivity index (χ2v) is 4.91. The molecule has 20 heavy (non-hydrogen) atoms. The van der Waals surface area contributed by atoms with Crippen LogP contribution in [0.2, 0.25) is 0 Å². The third-order valence-electron chi connectivity index (χ3n) is 3.61. The number of anilines is 1. The summed E-state index contributed by atoms with van der Waals surface area (Å²) in [4.78, 5) is 14.3. The number of nitrogen functional groups attached to an aromatic ring is 1. The van der Waals surface area contributed by atoms with Gasteiger partial charge in [-0.15, -0.1) is 0 Å². The van der Waals surface area contributed by atoms with E-state index in [2.05, 4.69) is 27.3 Å². The lowest BCUT2D eigenvalue weighted by Gasteiger charge is -2.32. The van der Waals surface area contributed by atoms with Crippen molar-refractivity contribution >= 4 is 11.6 Å². The van der Waals surface area contributed by atoms with Crippen LogP contribution in [0.15, 0.2) is 0 Å². The number of morpholine rings is 1. The molecule has 7 heteroatoms. The zero-order valence-corrected chi connectivity index (χ0v) is 12.1. The average Bonchev–Trinajstić information content (AvgIpc) is 2.86. The van der Waals surface area contributed by atoms with E-state index in [-0.39, 0.29) is 17.7 Å². The normalized spacial score (nSPS) is 20.0. The van der Waals surface area contributed by atoms with Crippen LogP contribution < -0.4 is 11.1 Å². The van der Waals surface area contributed by atoms with Gasteiger partial charge in [0.2, 0.25) is 0 Å². The maximum Gasteiger partial charge on any atom is 0.274 e. The zero-order chi connectivity index (χ0) is 14.5. The van der Waals surface area contributed by atoms with Gasteiger partial charge in [-0.2, -0.15) is 5.10 Å². The Balaban J connectivity index is 1.87. The van der Waals surface area contributed by atoms with Crippen LogP contribution in [0.1, 0.15) is 30.0 Å². The van der Waals surface area contributed by atoms with Gasteiger partial charge < -0.3 is 15.8 Å². The molecule has 1 aromatic heterocycles. The summed E-state index contributed by atoms with van der Waals surface area (Å²) < 4.78 is 5.64. The molecule has 4 N–H and O–H groups in total. The average molecular weight is 281 g/mol. The van der Waals surface area contributed by atoms with Crippen molar-refractivity contribution in [3.8, 4) is 0 Å². The zero-order valence-electron chi connectivity index (χ0n) is 12.1. The van der Waals surface area contributed by atoms with Crippen LogP contribution in [0, 0.1) is 0 Å². The molecule has 7 nitrogen and oxygen atoms in total. The molecule has 2 rings (SSSR count). The van der Waals surface area contributed by atoms with E-state index in [0.29, 0.717) is 18.8 Å². The first-order valence-electron chi connectivity index (χ1n) is 7.10. The van der Waals surface area contributed by atoms with Crippen molar-refractivity contribution in [3.05, 3.63) is 11.4 Å². The first-order chi connectivity index (χ1) is 9.65. The molecule has 1 fully saturated rings. The fraction of sp³-hybridized carbons (Fsp3) is 0.692. The Morgan fingerprint density at radius 2 is 2.40 bits per heavy atom. The third kappa shape index (κ3) is 3.29. The molecule has 0 spiro atoms. The lowest BCUT2D eigenvalue weighted by Crippen LogP contribution is -2.47. The number of amides is 1. The number of nitrogens with one attached hydrogen (secondary N) is 2. The van der Waals surface area contributed by atoms with Gasteiger partial charge in [0, 0.05) is 19.6 Å². The van der Waals surface area contributed by atoms with E-state index in [1.54, 1.807) is 0 Å². The Hall–Kier alpha value is -1.60. The number of likely N-dealkylation sites (N-methyl/N-ethyl adjacent to an activating group) is 1. The van der Waals surface area contributed by atoms with Crippen molar-refractivity contribution in [1.29, 1.82) is 0 Å². The van der Waals surface area contributed by atoms with Gasteiger partial charge in [0.15, 0.2) is 5.69 Å². The Morgan fingerprint density at radius 1 is 1.60 bits per heavy atom. The number of carbonyl (C=O) groups excluding carboxylic acids is 1. The van der Waals surface area contributed by atoms with Crippen molar-refractivity contribution in [1.82, 2.24) is 20.4 Å². The first kappa shape index (κ1) is 14.8. The van der Waals surface area contributed by atoms with Gasteiger partial charge in [-0.25, -0.2) is 0 Å². The van der Waals surface area contributed by atoms with E-state index in [1.807, 2.05) is 6.92 Å². The number of ether oxygens (including phenoxy) is 1. The highest BCUT2D eigenvalue weighted by atomic mass is 16.5. The predicted octanol–water partition coefficient (Wildman–Crippen LogP) is 0.00480. The number of nitrogens with two attached hydrogens (primary N) is 1. The van der Waals surface area contributed by atoms with Crippen LogP contribution in [0.25, 0.3) is 0 Å². The Labute approximate surface area is 118 Å². The van der Waals surface area contributed by atoms with E-state index < -0.39 is 0 Å². The molecule has 1 saturated heterocycles. The molecule has 0 radical (unpaired) electrons. The highest BCUT2D eigenvalue weighted by Gasteiger charge is 2.21. The molecule has 1 aliphatic heterocycles. The summed E-state index contributed by atoms with van der Waals surface area (Å²) in [6.07, 6.45) is 0.752. The summed E-state index contributed by atoms with van der Waals surface area (Å²) in [6, 6.07) is 0. The van der Waals surface area contributed by atoms with Gasteiger partial charge in [-0.3, -0.25) is 14.8 Å². The number of aryl methyl sites for hydroxylation is 1. The first-order valence-corrected chi connectivity index (χ1v) is 7.10. The number of carbonyl (C=O) groups is 1. The maximum atomic E-state index is 12.0. The molecular formula is C13H23N5O2. The summed E-state index contributed by atoms with van der Waals surface area (Å²) in [5, 5.41) is 9.59. The number of H-pyrrole nitrogens is 1. The predicted molar refractivity (Wildman–Crippen MR) is 76.6 cm³/mol. The van der Waals surface area contributed by atoms with Crippen molar-refractivity contribution in [2.75, 3.05) is 38.5 Å². The summed E-state index contributed by atoms with van der Waals surface area (Å²) in [7, 11) is 0. The molecule has 1 amide bonds. The highest BCUT2D eigenvalue weighted by Crippen LogP contribution is 2.14. The monoisotopic (exact) mass is 281 g/mol. The second kappa shape index (κ2) is 6.71. The Bertz CT molecular complexity index is 460. The number of hydrogen-bond acceptors (Lipinski definition) is 5. The highest BCUT2D eigenvalue weighted by molar-refractivity contribution is 5.97. The van der Waals surface area contributed by atoms with Crippen LogP contribution in [-0.2, 0) is 11.2 Å². The van der Waals surface area contributed by atoms with E-state index >= 15 is 0 Å². The van der Waals surface area contributed by atoms with Crippen molar-refractivity contribution in [2.24, 2.45) is 0 Å². The van der Waals surface area contributed by atoms with Gasteiger partial charge in [-0.1, -0.05) is 13.8 Å². The Kier molecular flexibility index (Phi) is 4.97. The van der Waals surface area contributed by atoms with Gasteiger partial charge in [-0.05, 0) is 13.0 Å². The van der Waals surface area contributed by atoms with E-state index in [1.165, 1.54) is 0 Å². The molecule has 112 valence electrons. The van der Waals surface area contributed by atoms with Crippen molar-refractivity contribution in [2.45, 2.75) is 26.4 Å². The third-order valence-corrected chi connectivity index (χ3v) is 3.61. The lowest BCUT2D eigenvalue weighted by molar-refractivity contribution is -0.0246. The smallest absolute Gasteiger partial charge is 0.274 e. The summed E-state index contributed by atoms with van der Waals surface area (Å²) in [5.74, 6) is -0.254. The maximum absolute atomic E-state index is 12.0. The van der Waals surface area contributed by atoms with E-state index in [4.69, 9.17) is 10.5 Å². The number of rotatable bonds is 5. The van der Waals surface area contributed by atoms with Gasteiger partial charge in [0.05, 0.1) is 24.1 Å². The molecule has 1 atom stereocenters. The summed E-state index contributed by atoms with van der Waals surface area (Å²) in [6.45, 7) is 8.06. The number of aromatic nitrogens is 2.